The predicted octanol–water partition coefficient (Wildman–Crippen LogP) is 4.66. The van der Waals surface area contributed by atoms with Crippen LogP contribution in [-0.4, -0.2) is 15.9 Å². The molecule has 2 aromatic rings. The van der Waals surface area contributed by atoms with Gasteiger partial charge in [-0.15, -0.1) is 0 Å². The van der Waals surface area contributed by atoms with E-state index in [1.165, 1.54) is 16.8 Å². The Balaban J connectivity index is 2.53. The fraction of sp³-hybridized carbons (Fsp3) is 0.421. The highest BCUT2D eigenvalue weighted by Crippen LogP contribution is 2.33. The average molecular weight is 298 g/mol. The van der Waals surface area contributed by atoms with Crippen molar-refractivity contribution in [2.45, 2.75) is 47.6 Å². The zero-order chi connectivity index (χ0) is 16.6. The van der Waals surface area contributed by atoms with Gasteiger partial charge in [-0.1, -0.05) is 12.6 Å². The molecule has 1 atom stereocenters. The zero-order valence-corrected chi connectivity index (χ0v) is 14.7. The Morgan fingerprint density at radius 1 is 1.18 bits per heavy atom. The molecule has 3 nitrogen and oxygen atoms in total. The maximum Gasteiger partial charge on any atom is 0.123 e. The molecule has 1 heterocycles. The van der Waals surface area contributed by atoms with E-state index in [1.54, 1.807) is 0 Å². The monoisotopic (exact) mass is 298 g/mol. The minimum atomic E-state index is 0.000761. The van der Waals surface area contributed by atoms with Crippen LogP contribution in [0.1, 0.15) is 36.2 Å². The molecule has 1 unspecified atom stereocenters. The lowest BCUT2D eigenvalue weighted by molar-refractivity contribution is 0.256. The Morgan fingerprint density at radius 3 is 2.32 bits per heavy atom. The molecule has 3 heteroatoms. The largest absolute Gasteiger partial charge is 0.486 e. The molecule has 0 aliphatic heterocycles. The van der Waals surface area contributed by atoms with Gasteiger partial charge in [0.15, 0.2) is 0 Å². The van der Waals surface area contributed by atoms with Gasteiger partial charge >= 0.3 is 0 Å². The van der Waals surface area contributed by atoms with E-state index in [4.69, 9.17) is 4.74 Å². The van der Waals surface area contributed by atoms with Crippen molar-refractivity contribution in [2.24, 2.45) is 7.05 Å². The summed E-state index contributed by atoms with van der Waals surface area (Å²) in [5.41, 5.74) is 7.95. The van der Waals surface area contributed by atoms with Crippen molar-refractivity contribution in [1.82, 2.24) is 9.78 Å². The van der Waals surface area contributed by atoms with Crippen LogP contribution in [0.4, 0.5) is 0 Å². The van der Waals surface area contributed by atoms with Crippen LogP contribution in [-0.2, 0) is 7.05 Å². The first kappa shape index (κ1) is 16.3. The van der Waals surface area contributed by atoms with Crippen LogP contribution in [0.15, 0.2) is 24.3 Å². The number of hydrogen-bond acceptors (Lipinski definition) is 2. The summed E-state index contributed by atoms with van der Waals surface area (Å²) in [5.74, 6) is 0.902. The van der Waals surface area contributed by atoms with Crippen LogP contribution in [0, 0.1) is 27.7 Å². The topological polar surface area (TPSA) is 27.1 Å². The number of aryl methyl sites for hydroxylation is 3. The van der Waals surface area contributed by atoms with E-state index in [2.05, 4.69) is 51.5 Å². The molecule has 1 aromatic heterocycles. The fourth-order valence-electron chi connectivity index (χ4n) is 2.48. The Hall–Kier alpha value is -2.03. The summed E-state index contributed by atoms with van der Waals surface area (Å²) in [4.78, 5) is 0. The third kappa shape index (κ3) is 2.94. The van der Waals surface area contributed by atoms with Crippen molar-refractivity contribution in [3.63, 3.8) is 0 Å². The summed E-state index contributed by atoms with van der Waals surface area (Å²) in [6.07, 6.45) is 0.000761. The third-order valence-corrected chi connectivity index (χ3v) is 4.41. The molecular formula is C19H26N2O. The first-order valence-corrected chi connectivity index (χ1v) is 7.66. The maximum absolute atomic E-state index is 6.07. The molecule has 0 aliphatic rings. The smallest absolute Gasteiger partial charge is 0.123 e. The molecule has 0 bridgehead atoms. The molecule has 1 aromatic carbocycles. The van der Waals surface area contributed by atoms with Crippen molar-refractivity contribution in [2.75, 3.05) is 0 Å². The quantitative estimate of drug-likeness (QED) is 0.767. The Labute approximate surface area is 133 Å². The average Bonchev–Trinajstić information content (AvgIpc) is 2.69. The lowest BCUT2D eigenvalue weighted by Gasteiger charge is -2.18. The maximum atomic E-state index is 6.07. The number of aromatic nitrogens is 2. The molecule has 2 rings (SSSR count). The number of hydrogen-bond donors (Lipinski definition) is 0. The number of ether oxygens (including phenoxy) is 1. The van der Waals surface area contributed by atoms with Crippen molar-refractivity contribution >= 4 is 0 Å². The summed E-state index contributed by atoms with van der Waals surface area (Å²) in [7, 11) is 1.98. The van der Waals surface area contributed by atoms with Crippen LogP contribution in [0.5, 0.6) is 5.75 Å². The highest BCUT2D eigenvalue weighted by molar-refractivity contribution is 5.70. The standard InChI is InChI=1S/C19H26N2O/c1-11(2)16(7)22-18-10-17(12(3)9-13(18)4)19-14(5)15(6)21(8)20-19/h9-10,16H,1H2,2-8H3. The summed E-state index contributed by atoms with van der Waals surface area (Å²) in [6.45, 7) is 16.4. The highest BCUT2D eigenvalue weighted by Gasteiger charge is 2.16. The van der Waals surface area contributed by atoms with E-state index in [0.29, 0.717) is 0 Å². The van der Waals surface area contributed by atoms with E-state index < -0.39 is 0 Å². The first-order chi connectivity index (χ1) is 10.2. The zero-order valence-electron chi connectivity index (χ0n) is 14.7. The normalized spacial score (nSPS) is 12.3. The van der Waals surface area contributed by atoms with Crippen LogP contribution in [0.25, 0.3) is 11.3 Å². The van der Waals surface area contributed by atoms with Gasteiger partial charge in [0.25, 0.3) is 0 Å². The minimum absolute atomic E-state index is 0.000761. The third-order valence-electron chi connectivity index (χ3n) is 4.41. The van der Waals surface area contributed by atoms with E-state index in [1.807, 2.05) is 25.6 Å². The second kappa shape index (κ2) is 5.99. The van der Waals surface area contributed by atoms with Gasteiger partial charge in [0.1, 0.15) is 11.9 Å². The second-order valence-corrected chi connectivity index (χ2v) is 6.22. The van der Waals surface area contributed by atoms with Gasteiger partial charge in [-0.3, -0.25) is 4.68 Å². The first-order valence-electron chi connectivity index (χ1n) is 7.66. The van der Waals surface area contributed by atoms with Crippen molar-refractivity contribution in [3.05, 3.63) is 46.7 Å². The van der Waals surface area contributed by atoms with Crippen molar-refractivity contribution in [1.29, 1.82) is 0 Å². The van der Waals surface area contributed by atoms with E-state index in [0.717, 1.165) is 28.1 Å². The predicted molar refractivity (Wildman–Crippen MR) is 92.5 cm³/mol. The molecule has 0 spiro atoms. The molecular weight excluding hydrogens is 272 g/mol. The van der Waals surface area contributed by atoms with Crippen molar-refractivity contribution in [3.8, 4) is 17.0 Å². The minimum Gasteiger partial charge on any atom is -0.486 e. The van der Waals surface area contributed by atoms with Gasteiger partial charge in [-0.2, -0.15) is 5.10 Å². The van der Waals surface area contributed by atoms with Gasteiger partial charge in [-0.25, -0.2) is 0 Å². The molecule has 0 N–H and O–H groups in total. The van der Waals surface area contributed by atoms with Crippen LogP contribution >= 0.6 is 0 Å². The SMILES string of the molecule is C=C(C)C(C)Oc1cc(-c2nn(C)c(C)c2C)c(C)cc1C. The van der Waals surface area contributed by atoms with Gasteiger partial charge in [0.2, 0.25) is 0 Å². The summed E-state index contributed by atoms with van der Waals surface area (Å²) < 4.78 is 8.00. The Kier molecular flexibility index (Phi) is 4.45. The van der Waals surface area contributed by atoms with Crippen LogP contribution < -0.4 is 4.74 Å². The Bertz CT molecular complexity index is 726. The number of benzene rings is 1. The molecule has 0 radical (unpaired) electrons. The lowest BCUT2D eigenvalue weighted by Crippen LogP contribution is -2.13. The summed E-state index contributed by atoms with van der Waals surface area (Å²) in [5, 5.41) is 4.67. The fourth-order valence-corrected chi connectivity index (χ4v) is 2.48. The molecule has 0 saturated heterocycles. The molecule has 0 fully saturated rings. The molecule has 0 aliphatic carbocycles. The molecule has 0 saturated carbocycles. The molecule has 118 valence electrons. The van der Waals surface area contributed by atoms with Crippen LogP contribution in [0.3, 0.4) is 0 Å². The number of nitrogens with zero attached hydrogens (tertiary/aromatic N) is 2. The summed E-state index contributed by atoms with van der Waals surface area (Å²) in [6, 6.07) is 4.28. The molecule has 0 amide bonds. The molecule has 22 heavy (non-hydrogen) atoms. The second-order valence-electron chi connectivity index (χ2n) is 6.22. The van der Waals surface area contributed by atoms with Crippen LogP contribution in [0.2, 0.25) is 0 Å². The number of rotatable bonds is 4. The van der Waals surface area contributed by atoms with Gasteiger partial charge in [0.05, 0.1) is 5.69 Å². The van der Waals surface area contributed by atoms with E-state index in [-0.39, 0.29) is 6.10 Å². The van der Waals surface area contributed by atoms with E-state index in [9.17, 15) is 0 Å². The van der Waals surface area contributed by atoms with Gasteiger partial charge in [-0.05, 0) is 69.9 Å². The highest BCUT2D eigenvalue weighted by atomic mass is 16.5. The van der Waals surface area contributed by atoms with Gasteiger partial charge in [0, 0.05) is 18.3 Å². The van der Waals surface area contributed by atoms with E-state index >= 15 is 0 Å². The van der Waals surface area contributed by atoms with Gasteiger partial charge < -0.3 is 4.74 Å². The lowest BCUT2D eigenvalue weighted by atomic mass is 9.99. The summed E-state index contributed by atoms with van der Waals surface area (Å²) >= 11 is 0. The van der Waals surface area contributed by atoms with Crippen molar-refractivity contribution < 1.29 is 4.74 Å². The Morgan fingerprint density at radius 2 is 1.82 bits per heavy atom.